The summed E-state index contributed by atoms with van der Waals surface area (Å²) in [6.07, 6.45) is 0. The van der Waals surface area contributed by atoms with Crippen LogP contribution >= 0.6 is 29.3 Å². The van der Waals surface area contributed by atoms with Gasteiger partial charge in [0.05, 0.1) is 0 Å². The quantitative estimate of drug-likeness (QED) is 0.598. The first-order valence-electron chi connectivity index (χ1n) is 2.56. The van der Waals surface area contributed by atoms with E-state index in [1.165, 1.54) is 0 Å². The molecule has 1 N–H and O–H groups in total. The second-order valence-corrected chi connectivity index (χ2v) is 7.54. The SMILES string of the molecule is CCSP(O)SCC.[Zn]. The van der Waals surface area contributed by atoms with Crippen molar-refractivity contribution < 1.29 is 24.4 Å². The molecule has 0 heterocycles. The molecule has 0 spiro atoms. The second-order valence-electron chi connectivity index (χ2n) is 1.07. The Morgan fingerprint density at radius 2 is 1.56 bits per heavy atom. The molecule has 0 amide bonds. The molecule has 0 aliphatic rings. The Balaban J connectivity index is 0. The smallest absolute Gasteiger partial charge is 0.149 e. The molecule has 0 saturated heterocycles. The topological polar surface area (TPSA) is 20.2 Å². The maximum atomic E-state index is 9.04. The first kappa shape index (κ1) is 13.3. The van der Waals surface area contributed by atoms with Crippen LogP contribution in [0, 0.1) is 0 Å². The molecule has 52 valence electrons. The van der Waals surface area contributed by atoms with Crippen LogP contribution in [-0.2, 0) is 19.5 Å². The average molecular weight is 236 g/mol. The Kier molecular flexibility index (Phi) is 14.4. The summed E-state index contributed by atoms with van der Waals surface area (Å²) in [5.41, 5.74) is 0. The summed E-state index contributed by atoms with van der Waals surface area (Å²) in [6, 6.07) is 0. The fourth-order valence-electron chi connectivity index (χ4n) is 0.258. The van der Waals surface area contributed by atoms with Gasteiger partial charge in [0.2, 0.25) is 0 Å². The summed E-state index contributed by atoms with van der Waals surface area (Å²) >= 11 is 3.28. The number of hydrogen-bond acceptors (Lipinski definition) is 3. The second kappa shape index (κ2) is 9.71. The van der Waals surface area contributed by atoms with E-state index in [2.05, 4.69) is 13.8 Å². The molecule has 0 aromatic carbocycles. The van der Waals surface area contributed by atoms with Crippen molar-refractivity contribution in [3.8, 4) is 0 Å². The third-order valence-corrected chi connectivity index (χ3v) is 6.21. The normalized spacial score (nSPS) is 9.33. The number of hydrogen-bond donors (Lipinski definition) is 1. The van der Waals surface area contributed by atoms with Crippen LogP contribution in [0.5, 0.6) is 0 Å². The van der Waals surface area contributed by atoms with Crippen LogP contribution in [-0.4, -0.2) is 16.4 Å². The van der Waals surface area contributed by atoms with Gasteiger partial charge in [-0.1, -0.05) is 36.6 Å². The molecule has 5 heteroatoms. The summed E-state index contributed by atoms with van der Waals surface area (Å²) in [4.78, 5) is 9.04. The van der Waals surface area contributed by atoms with E-state index >= 15 is 0 Å². The van der Waals surface area contributed by atoms with E-state index in [-0.39, 0.29) is 19.5 Å². The molecular weight excluding hydrogens is 225 g/mol. The predicted molar refractivity (Wildman–Crippen MR) is 45.4 cm³/mol. The number of rotatable bonds is 4. The molecule has 0 aliphatic carbocycles. The van der Waals surface area contributed by atoms with Crippen molar-refractivity contribution in [2.75, 3.05) is 11.5 Å². The van der Waals surface area contributed by atoms with Crippen LogP contribution < -0.4 is 0 Å². The summed E-state index contributed by atoms with van der Waals surface area (Å²) in [5, 5.41) is 0. The van der Waals surface area contributed by atoms with Gasteiger partial charge in [0.15, 0.2) is 0 Å². The zero-order chi connectivity index (χ0) is 6.41. The molecule has 0 saturated carbocycles. The summed E-state index contributed by atoms with van der Waals surface area (Å²) in [5.74, 6) is 2.05. The average Bonchev–Trinajstić information content (AvgIpc) is 1.68. The van der Waals surface area contributed by atoms with Gasteiger partial charge in [0, 0.05) is 19.5 Å². The Morgan fingerprint density at radius 1 is 1.22 bits per heavy atom. The fraction of sp³-hybridized carbons (Fsp3) is 1.00. The Labute approximate surface area is 78.8 Å². The van der Waals surface area contributed by atoms with Gasteiger partial charge in [0.1, 0.15) is 6.55 Å². The van der Waals surface area contributed by atoms with Gasteiger partial charge in [-0.3, -0.25) is 0 Å². The van der Waals surface area contributed by atoms with Gasteiger partial charge >= 0.3 is 0 Å². The van der Waals surface area contributed by atoms with Crippen molar-refractivity contribution in [2.24, 2.45) is 0 Å². The van der Waals surface area contributed by atoms with Crippen molar-refractivity contribution in [1.29, 1.82) is 0 Å². The van der Waals surface area contributed by atoms with Gasteiger partial charge in [-0.2, -0.15) is 0 Å². The third-order valence-electron chi connectivity index (χ3n) is 0.479. The molecule has 0 fully saturated rings. The Hall–Kier alpha value is 1.71. The van der Waals surface area contributed by atoms with Gasteiger partial charge in [0.25, 0.3) is 0 Å². The molecular formula is C4H11OPS2Zn. The van der Waals surface area contributed by atoms with E-state index in [4.69, 9.17) is 4.89 Å². The van der Waals surface area contributed by atoms with Crippen LogP contribution in [0.4, 0.5) is 0 Å². The first-order chi connectivity index (χ1) is 3.81. The molecule has 0 radical (unpaired) electrons. The molecule has 0 aliphatic heterocycles. The summed E-state index contributed by atoms with van der Waals surface area (Å²) in [6.45, 7) is 3.38. The zero-order valence-electron chi connectivity index (χ0n) is 5.83. The monoisotopic (exact) mass is 234 g/mol. The summed E-state index contributed by atoms with van der Waals surface area (Å²) in [7, 11) is 0. The molecule has 0 rings (SSSR count). The molecule has 0 unspecified atom stereocenters. The van der Waals surface area contributed by atoms with Crippen molar-refractivity contribution in [2.45, 2.75) is 13.8 Å². The van der Waals surface area contributed by atoms with E-state index in [9.17, 15) is 0 Å². The maximum absolute atomic E-state index is 9.04. The molecule has 0 aromatic rings. The molecule has 1 nitrogen and oxygen atoms in total. The molecule has 0 bridgehead atoms. The molecule has 0 aromatic heterocycles. The van der Waals surface area contributed by atoms with Crippen molar-refractivity contribution in [3.05, 3.63) is 0 Å². The zero-order valence-corrected chi connectivity index (χ0v) is 11.3. The standard InChI is InChI=1S/C4H11OPS2.Zn/c1-3-7-6(5)8-4-2;/h5H,3-4H2,1-2H3;. The van der Waals surface area contributed by atoms with Crippen LogP contribution in [0.25, 0.3) is 0 Å². The minimum atomic E-state index is -0.747. The van der Waals surface area contributed by atoms with Gasteiger partial charge in [-0.25, -0.2) is 0 Å². The first-order valence-corrected chi connectivity index (χ1v) is 7.03. The van der Waals surface area contributed by atoms with Crippen LogP contribution in [0.3, 0.4) is 0 Å². The third kappa shape index (κ3) is 9.71. The maximum Gasteiger partial charge on any atom is 0.149 e. The Bertz CT molecular complexity index is 51.8. The van der Waals surface area contributed by atoms with E-state index in [0.29, 0.717) is 0 Å². The molecule has 0 atom stereocenters. The minimum absolute atomic E-state index is 0. The van der Waals surface area contributed by atoms with Crippen molar-refractivity contribution >= 4 is 29.3 Å². The van der Waals surface area contributed by atoms with Crippen LogP contribution in [0.1, 0.15) is 13.8 Å². The van der Waals surface area contributed by atoms with Gasteiger partial charge in [-0.15, -0.1) is 0 Å². The van der Waals surface area contributed by atoms with E-state index < -0.39 is 6.55 Å². The summed E-state index contributed by atoms with van der Waals surface area (Å²) < 4.78 is 0. The van der Waals surface area contributed by atoms with Gasteiger partial charge in [-0.05, 0) is 11.5 Å². The van der Waals surface area contributed by atoms with E-state index in [1.54, 1.807) is 22.8 Å². The van der Waals surface area contributed by atoms with Crippen LogP contribution in [0.2, 0.25) is 0 Å². The minimum Gasteiger partial charge on any atom is -0.355 e. The van der Waals surface area contributed by atoms with Crippen molar-refractivity contribution in [3.63, 3.8) is 0 Å². The predicted octanol–water partition coefficient (Wildman–Crippen LogP) is 2.71. The van der Waals surface area contributed by atoms with E-state index in [1.807, 2.05) is 0 Å². The fourth-order valence-corrected chi connectivity index (χ4v) is 4.89. The van der Waals surface area contributed by atoms with Crippen LogP contribution in [0.15, 0.2) is 0 Å². The van der Waals surface area contributed by atoms with E-state index in [0.717, 1.165) is 11.5 Å². The van der Waals surface area contributed by atoms with Gasteiger partial charge < -0.3 is 4.89 Å². The Morgan fingerprint density at radius 3 is 1.78 bits per heavy atom. The molecule has 9 heavy (non-hydrogen) atoms. The largest absolute Gasteiger partial charge is 0.355 e. The van der Waals surface area contributed by atoms with Crippen molar-refractivity contribution in [1.82, 2.24) is 0 Å².